The second kappa shape index (κ2) is 11.2. The Bertz CT molecular complexity index is 2550. The first-order valence-corrected chi connectivity index (χ1v) is 15.8. The van der Waals surface area contributed by atoms with Crippen LogP contribution in [0.4, 0.5) is 0 Å². The number of benzene rings is 7. The molecule has 0 unspecified atom stereocenters. The highest BCUT2D eigenvalue weighted by atomic mass is 16.3. The number of hydrogen-bond donors (Lipinski definition) is 0. The lowest BCUT2D eigenvalue weighted by molar-refractivity contribution is 0.670. The van der Waals surface area contributed by atoms with Crippen molar-refractivity contribution in [1.82, 2.24) is 9.97 Å². The van der Waals surface area contributed by atoms with Gasteiger partial charge in [-0.1, -0.05) is 146 Å². The normalized spacial score (nSPS) is 11.4. The molecule has 0 spiro atoms. The Hall–Kier alpha value is -6.32. The highest BCUT2D eigenvalue weighted by Gasteiger charge is 2.19. The Morgan fingerprint density at radius 2 is 0.957 bits per heavy atom. The lowest BCUT2D eigenvalue weighted by Gasteiger charge is -2.11. The van der Waals surface area contributed by atoms with Crippen LogP contribution in [0.2, 0.25) is 0 Å². The highest BCUT2D eigenvalue weighted by Crippen LogP contribution is 2.40. The smallest absolute Gasteiger partial charge is 0.161 e. The van der Waals surface area contributed by atoms with Gasteiger partial charge in [0.05, 0.1) is 11.4 Å². The van der Waals surface area contributed by atoms with Crippen LogP contribution in [-0.4, -0.2) is 9.97 Å². The zero-order valence-electron chi connectivity index (χ0n) is 25.5. The quantitative estimate of drug-likeness (QED) is 0.197. The van der Waals surface area contributed by atoms with Crippen molar-refractivity contribution in [2.24, 2.45) is 0 Å². The molecule has 47 heavy (non-hydrogen) atoms. The van der Waals surface area contributed by atoms with Crippen LogP contribution in [0.15, 0.2) is 174 Å². The van der Waals surface area contributed by atoms with E-state index in [0.29, 0.717) is 5.82 Å². The molecule has 0 amide bonds. The average molecular weight is 601 g/mol. The maximum atomic E-state index is 6.56. The molecule has 3 nitrogen and oxygen atoms in total. The average Bonchev–Trinajstić information content (AvgIpc) is 3.54. The molecular weight excluding hydrogens is 572 g/mol. The Labute approximate surface area is 272 Å². The first-order chi connectivity index (χ1) is 23.3. The zero-order chi connectivity index (χ0) is 31.2. The van der Waals surface area contributed by atoms with Crippen molar-refractivity contribution in [1.29, 1.82) is 0 Å². The summed E-state index contributed by atoms with van der Waals surface area (Å²) in [6.07, 6.45) is 0. The first kappa shape index (κ1) is 27.0. The van der Waals surface area contributed by atoms with Crippen molar-refractivity contribution in [2.45, 2.75) is 0 Å². The molecule has 0 aliphatic heterocycles. The van der Waals surface area contributed by atoms with Gasteiger partial charge >= 0.3 is 0 Å². The van der Waals surface area contributed by atoms with Gasteiger partial charge in [-0.15, -0.1) is 0 Å². The van der Waals surface area contributed by atoms with Crippen LogP contribution >= 0.6 is 0 Å². The van der Waals surface area contributed by atoms with Gasteiger partial charge in [-0.3, -0.25) is 0 Å². The number of hydrogen-bond acceptors (Lipinski definition) is 3. The van der Waals surface area contributed by atoms with E-state index >= 15 is 0 Å². The molecule has 0 aliphatic carbocycles. The number of aromatic nitrogens is 2. The minimum absolute atomic E-state index is 0.666. The third-order valence-electron chi connectivity index (χ3n) is 8.89. The predicted molar refractivity (Wildman–Crippen MR) is 194 cm³/mol. The van der Waals surface area contributed by atoms with Crippen LogP contribution in [-0.2, 0) is 0 Å². The summed E-state index contributed by atoms with van der Waals surface area (Å²) in [4.78, 5) is 10.4. The highest BCUT2D eigenvalue weighted by molar-refractivity contribution is 6.15. The van der Waals surface area contributed by atoms with E-state index in [-0.39, 0.29) is 0 Å². The molecule has 220 valence electrons. The molecule has 2 aromatic heterocycles. The van der Waals surface area contributed by atoms with Gasteiger partial charge < -0.3 is 4.42 Å². The first-order valence-electron chi connectivity index (χ1n) is 15.8. The summed E-state index contributed by atoms with van der Waals surface area (Å²) < 4.78 is 6.56. The van der Waals surface area contributed by atoms with Crippen LogP contribution in [0.3, 0.4) is 0 Å². The van der Waals surface area contributed by atoms with E-state index in [2.05, 4.69) is 127 Å². The van der Waals surface area contributed by atoms with E-state index in [9.17, 15) is 0 Å². The molecule has 9 rings (SSSR count). The van der Waals surface area contributed by atoms with Crippen LogP contribution < -0.4 is 0 Å². The second-order valence-corrected chi connectivity index (χ2v) is 11.8. The van der Waals surface area contributed by atoms with Crippen LogP contribution in [0, 0.1) is 0 Å². The molecule has 0 saturated carbocycles. The number of nitrogens with zero attached hydrogens (tertiary/aromatic N) is 2. The molecule has 0 fully saturated rings. The summed E-state index contributed by atoms with van der Waals surface area (Å²) in [5.41, 5.74) is 11.1. The molecule has 0 bridgehead atoms. The van der Waals surface area contributed by atoms with Crippen molar-refractivity contribution in [2.75, 3.05) is 0 Å². The van der Waals surface area contributed by atoms with Gasteiger partial charge in [0.25, 0.3) is 0 Å². The number of fused-ring (bicyclic) bond motifs is 4. The minimum Gasteiger partial charge on any atom is -0.455 e. The summed E-state index contributed by atoms with van der Waals surface area (Å²) in [7, 11) is 0. The van der Waals surface area contributed by atoms with Crippen LogP contribution in [0.25, 0.3) is 88.9 Å². The van der Waals surface area contributed by atoms with Crippen molar-refractivity contribution in [3.8, 4) is 56.2 Å². The van der Waals surface area contributed by atoms with E-state index in [4.69, 9.17) is 14.4 Å². The maximum Gasteiger partial charge on any atom is 0.161 e. The molecule has 7 aromatic carbocycles. The van der Waals surface area contributed by atoms with E-state index in [1.807, 2.05) is 42.5 Å². The van der Waals surface area contributed by atoms with Gasteiger partial charge in [-0.25, -0.2) is 9.97 Å². The lowest BCUT2D eigenvalue weighted by Crippen LogP contribution is -1.96. The Balaban J connectivity index is 1.23. The Morgan fingerprint density at radius 3 is 1.68 bits per heavy atom. The summed E-state index contributed by atoms with van der Waals surface area (Å²) in [6, 6.07) is 59.0. The van der Waals surface area contributed by atoms with Gasteiger partial charge in [0, 0.05) is 33.0 Å². The lowest BCUT2D eigenvalue weighted by atomic mass is 9.98. The fourth-order valence-corrected chi connectivity index (χ4v) is 6.57. The topological polar surface area (TPSA) is 38.9 Å². The molecule has 3 heteroatoms. The molecule has 0 radical (unpaired) electrons. The molecule has 0 N–H and O–H groups in total. The molecule has 2 heterocycles. The summed E-state index contributed by atoms with van der Waals surface area (Å²) >= 11 is 0. The molecule has 0 saturated heterocycles. The summed E-state index contributed by atoms with van der Waals surface area (Å²) in [5.74, 6) is 0.666. The van der Waals surface area contributed by atoms with E-state index in [0.717, 1.165) is 61.1 Å². The molecule has 0 atom stereocenters. The van der Waals surface area contributed by atoms with E-state index < -0.39 is 0 Å². The standard InChI is InChI=1S/C44H28N2O/c1-4-12-29(13-5-1)32-22-23-34-27-35(25-24-33(34)26-32)40-28-39(31-16-8-3-9-17-31)45-44(46-40)38-20-11-21-41-42(38)37-19-10-18-36(43(37)47-41)30-14-6-2-7-15-30/h1-28H. The van der Waals surface area contributed by atoms with Gasteiger partial charge in [0.1, 0.15) is 11.2 Å². The van der Waals surface area contributed by atoms with Crippen LogP contribution in [0.5, 0.6) is 0 Å². The van der Waals surface area contributed by atoms with E-state index in [1.54, 1.807) is 0 Å². The molecular formula is C44H28N2O. The van der Waals surface area contributed by atoms with Crippen molar-refractivity contribution in [3.63, 3.8) is 0 Å². The maximum absolute atomic E-state index is 6.56. The summed E-state index contributed by atoms with van der Waals surface area (Å²) in [5, 5.41) is 4.42. The minimum atomic E-state index is 0.666. The van der Waals surface area contributed by atoms with Gasteiger partial charge in [-0.05, 0) is 51.7 Å². The molecule has 9 aromatic rings. The van der Waals surface area contributed by atoms with Gasteiger partial charge in [-0.2, -0.15) is 0 Å². The van der Waals surface area contributed by atoms with Crippen molar-refractivity contribution in [3.05, 3.63) is 170 Å². The number of para-hydroxylation sites is 1. The third-order valence-corrected chi connectivity index (χ3v) is 8.89. The molecule has 0 aliphatic rings. The number of furan rings is 1. The largest absolute Gasteiger partial charge is 0.455 e. The van der Waals surface area contributed by atoms with Gasteiger partial charge in [0.15, 0.2) is 5.82 Å². The Morgan fingerprint density at radius 1 is 0.383 bits per heavy atom. The predicted octanol–water partition coefficient (Wildman–Crippen LogP) is 11.9. The Kier molecular flexibility index (Phi) is 6.46. The summed E-state index contributed by atoms with van der Waals surface area (Å²) in [6.45, 7) is 0. The SMILES string of the molecule is c1ccc(-c2ccc3cc(-c4cc(-c5ccccc5)nc(-c5cccc6oc7c(-c8ccccc8)cccc7c56)n4)ccc3c2)cc1. The van der Waals surface area contributed by atoms with Crippen LogP contribution in [0.1, 0.15) is 0 Å². The number of rotatable bonds is 5. The fourth-order valence-electron chi connectivity index (χ4n) is 6.57. The fraction of sp³-hybridized carbons (Fsp3) is 0. The third kappa shape index (κ3) is 4.86. The van der Waals surface area contributed by atoms with Crippen molar-refractivity contribution >= 4 is 32.7 Å². The second-order valence-electron chi connectivity index (χ2n) is 11.8. The van der Waals surface area contributed by atoms with E-state index in [1.165, 1.54) is 21.9 Å². The van der Waals surface area contributed by atoms with Gasteiger partial charge in [0.2, 0.25) is 0 Å². The van der Waals surface area contributed by atoms with Crippen molar-refractivity contribution < 1.29 is 4.42 Å². The monoisotopic (exact) mass is 600 g/mol. The zero-order valence-corrected chi connectivity index (χ0v) is 25.5.